The van der Waals surface area contributed by atoms with Crippen LogP contribution in [0.4, 0.5) is 4.79 Å². The Morgan fingerprint density at radius 3 is 2.72 bits per heavy atom. The maximum atomic E-state index is 13.0. The summed E-state index contributed by atoms with van der Waals surface area (Å²) < 4.78 is 22.7. The van der Waals surface area contributed by atoms with Crippen molar-refractivity contribution in [2.45, 2.75) is 88.4 Å². The fraction of sp³-hybridized carbons (Fsp3) is 0.655. The Labute approximate surface area is 236 Å². The van der Waals surface area contributed by atoms with E-state index < -0.39 is 29.6 Å². The first-order chi connectivity index (χ1) is 18.3. The Morgan fingerprint density at radius 1 is 1.36 bits per heavy atom. The summed E-state index contributed by atoms with van der Waals surface area (Å²) in [5.41, 5.74) is -0.199. The highest BCUT2D eigenvalue weighted by atomic mass is 35.5. The van der Waals surface area contributed by atoms with Gasteiger partial charge in [-0.1, -0.05) is 36.8 Å². The van der Waals surface area contributed by atoms with Crippen molar-refractivity contribution in [3.05, 3.63) is 47.3 Å². The maximum Gasteiger partial charge on any atom is 0.409 e. The van der Waals surface area contributed by atoms with E-state index >= 15 is 0 Å². The standard InChI is InChI=1S/C29H43ClN2O7/c1-18-9-8-10-24(37-7)29(35)17-23(38-27(34)31-29)19(2)26-28(4,39-26)13-11-25(33)32(5)14-12-21(15-18)16-22(36-6)20(3)30/h8-10,12,16,19-20,23-24,26,35H,11,13-15,17H2,1-7H3,(H,31,34)/b10-8+,18-9+,21-12-,22-16+/t19-,20?,23+,24-,26+,28+,29+/m1/s1. The van der Waals surface area contributed by atoms with Crippen molar-refractivity contribution in [3.8, 4) is 0 Å². The summed E-state index contributed by atoms with van der Waals surface area (Å²) in [5, 5.41) is 13.7. The van der Waals surface area contributed by atoms with Crippen LogP contribution >= 0.6 is 11.6 Å². The lowest BCUT2D eigenvalue weighted by atomic mass is 9.84. The lowest BCUT2D eigenvalue weighted by Gasteiger charge is -2.42. The normalized spacial score (nSPS) is 39.2. The zero-order chi connectivity index (χ0) is 29.0. The van der Waals surface area contributed by atoms with E-state index in [0.717, 1.165) is 11.1 Å². The molecule has 3 aliphatic heterocycles. The number of likely N-dealkylation sites (N-methyl/N-ethyl adjacent to an activating group) is 1. The largest absolute Gasteiger partial charge is 0.500 e. The Bertz CT molecular complexity index is 1040. The number of alkyl carbamates (subject to hydrolysis) is 1. The monoisotopic (exact) mass is 566 g/mol. The van der Waals surface area contributed by atoms with E-state index in [0.29, 0.717) is 31.6 Å². The van der Waals surface area contributed by atoms with Crippen LogP contribution in [0.5, 0.6) is 0 Å². The van der Waals surface area contributed by atoms with Crippen LogP contribution in [0.3, 0.4) is 0 Å². The second-order valence-corrected chi connectivity index (χ2v) is 11.7. The van der Waals surface area contributed by atoms with Gasteiger partial charge < -0.3 is 29.0 Å². The number of carbonyl (C=O) groups excluding carboxylic acids is 2. The molecule has 218 valence electrons. The zero-order valence-corrected chi connectivity index (χ0v) is 24.8. The molecule has 0 aromatic heterocycles. The Balaban J connectivity index is 1.95. The van der Waals surface area contributed by atoms with Crippen LogP contribution in [-0.2, 0) is 23.7 Å². The number of nitrogens with one attached hydrogen (secondary N) is 1. The highest BCUT2D eigenvalue weighted by Gasteiger charge is 2.58. The molecule has 0 saturated carbocycles. The molecule has 1 unspecified atom stereocenters. The van der Waals surface area contributed by atoms with Gasteiger partial charge in [-0.3, -0.25) is 10.1 Å². The van der Waals surface area contributed by atoms with E-state index in [1.165, 1.54) is 7.11 Å². The van der Waals surface area contributed by atoms with Crippen LogP contribution in [0.2, 0.25) is 0 Å². The molecule has 0 aromatic rings. The lowest BCUT2D eigenvalue weighted by Crippen LogP contribution is -2.63. The van der Waals surface area contributed by atoms with E-state index in [1.807, 2.05) is 45.9 Å². The predicted octanol–water partition coefficient (Wildman–Crippen LogP) is 4.21. The number of epoxide rings is 1. The summed E-state index contributed by atoms with van der Waals surface area (Å²) in [6.45, 7) is 8.16. The van der Waals surface area contributed by atoms with Gasteiger partial charge in [-0.25, -0.2) is 4.79 Å². The third-order valence-electron chi connectivity index (χ3n) is 7.81. The van der Waals surface area contributed by atoms with Crippen LogP contribution in [-0.4, -0.2) is 84.8 Å². The lowest BCUT2D eigenvalue weighted by molar-refractivity contribution is -0.142. The topological polar surface area (TPSA) is 110 Å². The molecule has 0 radical (unpaired) electrons. The molecule has 0 spiro atoms. The van der Waals surface area contributed by atoms with E-state index in [-0.39, 0.29) is 29.7 Å². The van der Waals surface area contributed by atoms with Crippen LogP contribution in [0.1, 0.15) is 53.4 Å². The number of allylic oxidation sites excluding steroid dienone is 6. The molecule has 3 aliphatic rings. The van der Waals surface area contributed by atoms with Gasteiger partial charge in [-0.2, -0.15) is 0 Å². The molecular formula is C29H43ClN2O7. The Morgan fingerprint density at radius 2 is 2.08 bits per heavy atom. The van der Waals surface area contributed by atoms with Gasteiger partial charge in [0.1, 0.15) is 18.0 Å². The third kappa shape index (κ3) is 7.87. The first-order valence-electron chi connectivity index (χ1n) is 13.4. The molecule has 0 aromatic carbocycles. The molecule has 2 amide bonds. The van der Waals surface area contributed by atoms with Crippen molar-refractivity contribution in [1.29, 1.82) is 0 Å². The van der Waals surface area contributed by atoms with E-state index in [4.69, 9.17) is 30.5 Å². The molecule has 0 aliphatic carbocycles. The average molecular weight is 567 g/mol. The van der Waals surface area contributed by atoms with Crippen molar-refractivity contribution >= 4 is 23.6 Å². The molecule has 10 heteroatoms. The van der Waals surface area contributed by atoms with Crippen LogP contribution in [0.15, 0.2) is 47.3 Å². The highest BCUT2D eigenvalue weighted by Crippen LogP contribution is 2.47. The van der Waals surface area contributed by atoms with Gasteiger partial charge in [0.2, 0.25) is 5.91 Å². The molecule has 3 heterocycles. The molecule has 2 fully saturated rings. The number of aliphatic hydroxyl groups is 1. The number of hydrogen-bond donors (Lipinski definition) is 2. The molecule has 39 heavy (non-hydrogen) atoms. The molecule has 2 bridgehead atoms. The molecule has 3 rings (SSSR count). The number of rotatable bonds is 4. The van der Waals surface area contributed by atoms with Gasteiger partial charge in [0.05, 0.1) is 24.2 Å². The summed E-state index contributed by atoms with van der Waals surface area (Å²) in [7, 11) is 4.85. The first-order valence-corrected chi connectivity index (χ1v) is 13.8. The van der Waals surface area contributed by atoms with Gasteiger partial charge >= 0.3 is 6.09 Å². The minimum Gasteiger partial charge on any atom is -0.500 e. The summed E-state index contributed by atoms with van der Waals surface area (Å²) in [6.07, 6.45) is 8.60. The van der Waals surface area contributed by atoms with E-state index in [2.05, 4.69) is 5.32 Å². The molecule has 9 nitrogen and oxygen atoms in total. The number of carbonyl (C=O) groups is 2. The second kappa shape index (κ2) is 12.9. The maximum absolute atomic E-state index is 13.0. The number of nitrogens with zero attached hydrogens (tertiary/aromatic N) is 1. The number of hydrogen-bond acceptors (Lipinski definition) is 7. The SMILES string of the molecule is CO/C(=C/C1=C\CN(C)C(=O)CC[C@]2(C)O[C@H]2[C@H](C)[C@@H]2C[C@@](O)(NC(=O)O2)[C@H](OC)/C=C/C=C(\C)C1)C(C)Cl. The quantitative estimate of drug-likeness (QED) is 0.298. The Kier molecular flexibility index (Phi) is 10.3. The van der Waals surface area contributed by atoms with Crippen LogP contribution in [0.25, 0.3) is 0 Å². The number of fused-ring (bicyclic) bond motifs is 3. The van der Waals surface area contributed by atoms with E-state index in [1.54, 1.807) is 31.2 Å². The fourth-order valence-electron chi connectivity index (χ4n) is 5.28. The van der Waals surface area contributed by atoms with Crippen molar-refractivity contribution in [3.63, 3.8) is 0 Å². The number of ether oxygens (including phenoxy) is 4. The fourth-order valence-corrected chi connectivity index (χ4v) is 5.43. The summed E-state index contributed by atoms with van der Waals surface area (Å²) in [5.74, 6) is 0.445. The summed E-state index contributed by atoms with van der Waals surface area (Å²) >= 11 is 6.29. The van der Waals surface area contributed by atoms with Gasteiger partial charge in [-0.05, 0) is 45.3 Å². The smallest absolute Gasteiger partial charge is 0.409 e. The zero-order valence-electron chi connectivity index (χ0n) is 24.0. The van der Waals surface area contributed by atoms with E-state index in [9.17, 15) is 14.7 Å². The third-order valence-corrected chi connectivity index (χ3v) is 8.03. The van der Waals surface area contributed by atoms with Crippen molar-refractivity contribution < 1.29 is 33.6 Å². The second-order valence-electron chi connectivity index (χ2n) is 11.1. The Hall–Kier alpha value is -2.33. The number of alkyl halides is 1. The van der Waals surface area contributed by atoms with Crippen molar-refractivity contribution in [1.82, 2.24) is 10.2 Å². The summed E-state index contributed by atoms with van der Waals surface area (Å²) in [4.78, 5) is 27.1. The molecular weight excluding hydrogens is 524 g/mol. The predicted molar refractivity (Wildman–Crippen MR) is 149 cm³/mol. The molecule has 2 N–H and O–H groups in total. The van der Waals surface area contributed by atoms with Gasteiger partial charge in [0, 0.05) is 39.5 Å². The van der Waals surface area contributed by atoms with Gasteiger partial charge in [-0.15, -0.1) is 11.6 Å². The van der Waals surface area contributed by atoms with Crippen LogP contribution in [0, 0.1) is 5.92 Å². The minimum absolute atomic E-state index is 0.00843. The number of amides is 2. The van der Waals surface area contributed by atoms with Gasteiger partial charge in [0.25, 0.3) is 0 Å². The average Bonchev–Trinajstić information content (AvgIpc) is 3.55. The van der Waals surface area contributed by atoms with Crippen molar-refractivity contribution in [2.24, 2.45) is 5.92 Å². The minimum atomic E-state index is -1.66. The highest BCUT2D eigenvalue weighted by molar-refractivity contribution is 6.21. The summed E-state index contributed by atoms with van der Waals surface area (Å²) in [6, 6.07) is 0. The van der Waals surface area contributed by atoms with Gasteiger partial charge in [0.15, 0.2) is 5.72 Å². The number of methoxy groups -OCH3 is 2. The number of halogens is 1. The molecule has 7 atom stereocenters. The molecule has 2 saturated heterocycles. The van der Waals surface area contributed by atoms with Crippen molar-refractivity contribution in [2.75, 3.05) is 27.8 Å². The van der Waals surface area contributed by atoms with Crippen LogP contribution < -0.4 is 5.32 Å². The first kappa shape index (κ1) is 31.2.